The van der Waals surface area contributed by atoms with Gasteiger partial charge in [0.1, 0.15) is 5.82 Å². The van der Waals surface area contributed by atoms with Crippen LogP contribution in [0, 0.1) is 0 Å². The van der Waals surface area contributed by atoms with Crippen molar-refractivity contribution in [3.8, 4) is 0 Å². The molecule has 9 heteroatoms. The van der Waals surface area contributed by atoms with E-state index in [2.05, 4.69) is 15.0 Å². The van der Waals surface area contributed by atoms with Crippen LogP contribution in [0.4, 0.5) is 23.8 Å². The first-order chi connectivity index (χ1) is 10.7. The van der Waals surface area contributed by atoms with Crippen LogP contribution in [0.25, 0.3) is 0 Å². The summed E-state index contributed by atoms with van der Waals surface area (Å²) in [7, 11) is 4.80. The van der Waals surface area contributed by atoms with Gasteiger partial charge in [0.2, 0.25) is 0 Å². The maximum Gasteiger partial charge on any atom is 0.420 e. The molecule has 0 bridgehead atoms. The van der Waals surface area contributed by atoms with Crippen LogP contribution >= 0.6 is 0 Å². The van der Waals surface area contributed by atoms with Crippen molar-refractivity contribution in [2.45, 2.75) is 18.3 Å². The Hall–Kier alpha value is -1.87. The molecule has 6 nitrogen and oxygen atoms in total. The number of halogens is 3. The van der Waals surface area contributed by atoms with Gasteiger partial charge in [-0.05, 0) is 31.8 Å². The molecule has 2 amide bonds. The van der Waals surface area contributed by atoms with Gasteiger partial charge in [0.15, 0.2) is 5.60 Å². The zero-order valence-corrected chi connectivity index (χ0v) is 13.1. The molecule has 128 valence electrons. The van der Waals surface area contributed by atoms with Crippen LogP contribution in [-0.2, 0) is 11.3 Å². The number of nitrogens with zero attached hydrogens (tertiary/aromatic N) is 3. The minimum absolute atomic E-state index is 0.302. The van der Waals surface area contributed by atoms with Crippen molar-refractivity contribution in [1.82, 2.24) is 14.8 Å². The van der Waals surface area contributed by atoms with Crippen LogP contribution in [0.1, 0.15) is 5.56 Å². The molecule has 2 rings (SSSR count). The smallest absolute Gasteiger partial charge is 0.365 e. The second kappa shape index (κ2) is 6.32. The van der Waals surface area contributed by atoms with Gasteiger partial charge in [-0.2, -0.15) is 13.2 Å². The fourth-order valence-electron chi connectivity index (χ4n) is 2.33. The molecule has 0 radical (unpaired) electrons. The molecule has 0 aromatic carbocycles. The van der Waals surface area contributed by atoms with Gasteiger partial charge < -0.3 is 14.5 Å². The van der Waals surface area contributed by atoms with Crippen LogP contribution in [0.2, 0.25) is 0 Å². The van der Waals surface area contributed by atoms with Crippen molar-refractivity contribution < 1.29 is 22.7 Å². The molecule has 2 heterocycles. The average molecular weight is 332 g/mol. The number of hydrogen-bond acceptors (Lipinski definition) is 4. The third kappa shape index (κ3) is 3.73. The lowest BCUT2D eigenvalue weighted by molar-refractivity contribution is -0.303. The number of likely N-dealkylation sites (tertiary alicyclic amines) is 1. The summed E-state index contributed by atoms with van der Waals surface area (Å²) in [5, 5.41) is 2.51. The van der Waals surface area contributed by atoms with E-state index in [1.165, 1.54) is 0 Å². The van der Waals surface area contributed by atoms with Gasteiger partial charge in [-0.15, -0.1) is 0 Å². The van der Waals surface area contributed by atoms with Crippen LogP contribution in [0.3, 0.4) is 0 Å². The van der Waals surface area contributed by atoms with Crippen molar-refractivity contribution in [1.29, 1.82) is 0 Å². The summed E-state index contributed by atoms with van der Waals surface area (Å²) in [5.74, 6) is 0.302. The Morgan fingerprint density at radius 2 is 2.13 bits per heavy atom. The number of hydrogen-bond donors (Lipinski definition) is 1. The van der Waals surface area contributed by atoms with Crippen molar-refractivity contribution in [2.24, 2.45) is 0 Å². The number of anilines is 1. The average Bonchev–Trinajstić information content (AvgIpc) is 2.35. The molecule has 1 aromatic rings. The molecule has 0 atom stereocenters. The minimum atomic E-state index is -4.51. The summed E-state index contributed by atoms with van der Waals surface area (Å²) >= 11 is 0. The fourth-order valence-corrected chi connectivity index (χ4v) is 2.33. The van der Waals surface area contributed by atoms with E-state index in [1.54, 1.807) is 18.3 Å². The van der Waals surface area contributed by atoms with Gasteiger partial charge in [-0.25, -0.2) is 9.78 Å². The quantitative estimate of drug-likeness (QED) is 0.915. The maximum absolute atomic E-state index is 12.9. The van der Waals surface area contributed by atoms with Crippen molar-refractivity contribution in [3.63, 3.8) is 0 Å². The summed E-state index contributed by atoms with van der Waals surface area (Å²) in [6.45, 7) is -0.400. The topological polar surface area (TPSA) is 57.7 Å². The van der Waals surface area contributed by atoms with E-state index in [0.717, 1.165) is 17.6 Å². The van der Waals surface area contributed by atoms with Gasteiger partial charge in [0.05, 0.1) is 13.1 Å². The number of amides is 2. The second-order valence-corrected chi connectivity index (χ2v) is 5.77. The first-order valence-corrected chi connectivity index (χ1v) is 6.94. The van der Waals surface area contributed by atoms with E-state index in [1.807, 2.05) is 19.0 Å². The number of rotatable bonds is 4. The molecule has 1 saturated heterocycles. The highest BCUT2D eigenvalue weighted by molar-refractivity contribution is 5.89. The van der Waals surface area contributed by atoms with Crippen LogP contribution in [0.5, 0.6) is 0 Å². The summed E-state index contributed by atoms with van der Waals surface area (Å²) in [4.78, 5) is 19.0. The van der Waals surface area contributed by atoms with Gasteiger partial charge in [-0.3, -0.25) is 5.32 Å². The molecular weight excluding hydrogens is 313 g/mol. The number of aromatic nitrogens is 1. The molecular formula is C14H19F3N4O2. The number of pyridine rings is 1. The SMILES string of the molecule is COC1(C(F)(F)F)CN(C(=O)Nc2cc(CN(C)C)ccn2)C1. The molecule has 0 saturated carbocycles. The summed E-state index contributed by atoms with van der Waals surface area (Å²) in [6.07, 6.45) is -2.97. The molecule has 1 aliphatic rings. The predicted octanol–water partition coefficient (Wildman–Crippen LogP) is 1.94. The third-order valence-electron chi connectivity index (χ3n) is 3.65. The van der Waals surface area contributed by atoms with Crippen LogP contribution in [0.15, 0.2) is 18.3 Å². The van der Waals surface area contributed by atoms with Gasteiger partial charge >= 0.3 is 12.2 Å². The Labute approximate surface area is 132 Å². The summed E-state index contributed by atoms with van der Waals surface area (Å²) in [5.41, 5.74) is -1.34. The lowest BCUT2D eigenvalue weighted by Crippen LogP contribution is -2.71. The van der Waals surface area contributed by atoms with E-state index in [-0.39, 0.29) is 0 Å². The van der Waals surface area contributed by atoms with Crippen molar-refractivity contribution in [2.75, 3.05) is 39.6 Å². The number of carbonyl (C=O) groups is 1. The Morgan fingerprint density at radius 3 is 2.65 bits per heavy atom. The summed E-state index contributed by atoms with van der Waals surface area (Å²) < 4.78 is 43.2. The number of carbonyl (C=O) groups excluding carboxylic acids is 1. The Morgan fingerprint density at radius 1 is 1.48 bits per heavy atom. The molecule has 23 heavy (non-hydrogen) atoms. The van der Waals surface area contributed by atoms with E-state index in [0.29, 0.717) is 12.4 Å². The minimum Gasteiger partial charge on any atom is -0.365 e. The Bertz CT molecular complexity index is 571. The van der Waals surface area contributed by atoms with Gasteiger partial charge in [0, 0.05) is 19.9 Å². The molecule has 1 aromatic heterocycles. The third-order valence-corrected chi connectivity index (χ3v) is 3.65. The number of alkyl halides is 3. The van der Waals surface area contributed by atoms with Crippen molar-refractivity contribution >= 4 is 11.8 Å². The first-order valence-electron chi connectivity index (χ1n) is 6.94. The largest absolute Gasteiger partial charge is 0.420 e. The number of urea groups is 1. The molecule has 1 aliphatic heterocycles. The molecule has 0 aliphatic carbocycles. The lowest BCUT2D eigenvalue weighted by Gasteiger charge is -2.48. The van der Waals surface area contributed by atoms with E-state index in [9.17, 15) is 18.0 Å². The molecule has 0 spiro atoms. The standard InChI is InChI=1S/C14H19F3N4O2/c1-20(2)7-10-4-5-18-11(6-10)19-12(22)21-8-13(9-21,23-3)14(15,16)17/h4-6H,7-9H2,1-3H3,(H,18,19,22). The Kier molecular flexibility index (Phi) is 4.81. The number of methoxy groups -OCH3 is 1. The second-order valence-electron chi connectivity index (χ2n) is 5.77. The monoisotopic (exact) mass is 332 g/mol. The Balaban J connectivity index is 1.97. The maximum atomic E-state index is 12.9. The van der Waals surface area contributed by atoms with E-state index in [4.69, 9.17) is 0 Å². The first kappa shape index (κ1) is 17.5. The zero-order chi connectivity index (χ0) is 17.3. The molecule has 1 fully saturated rings. The highest BCUT2D eigenvalue weighted by Gasteiger charge is 2.63. The van der Waals surface area contributed by atoms with Crippen LogP contribution < -0.4 is 5.32 Å². The number of ether oxygens (including phenoxy) is 1. The molecule has 0 unspecified atom stereocenters. The lowest BCUT2D eigenvalue weighted by atomic mass is 9.93. The molecule has 1 N–H and O–H groups in total. The fraction of sp³-hybridized carbons (Fsp3) is 0.571. The normalized spacial score (nSPS) is 17.1. The van der Waals surface area contributed by atoms with Gasteiger partial charge in [0.25, 0.3) is 0 Å². The van der Waals surface area contributed by atoms with E-state index < -0.39 is 30.9 Å². The van der Waals surface area contributed by atoms with E-state index >= 15 is 0 Å². The highest BCUT2D eigenvalue weighted by Crippen LogP contribution is 2.40. The summed E-state index contributed by atoms with van der Waals surface area (Å²) in [6, 6.07) is 2.86. The van der Waals surface area contributed by atoms with Crippen molar-refractivity contribution in [3.05, 3.63) is 23.9 Å². The van der Waals surface area contributed by atoms with Gasteiger partial charge in [-0.1, -0.05) is 0 Å². The predicted molar refractivity (Wildman–Crippen MR) is 78.0 cm³/mol. The highest BCUT2D eigenvalue weighted by atomic mass is 19.4. The van der Waals surface area contributed by atoms with Crippen LogP contribution in [-0.4, -0.2) is 66.9 Å². The zero-order valence-electron chi connectivity index (χ0n) is 13.1. The number of nitrogens with one attached hydrogen (secondary N) is 1.